The van der Waals surface area contributed by atoms with Crippen LogP contribution in [-0.4, -0.2) is 25.1 Å². The molecule has 3 heterocycles. The van der Waals surface area contributed by atoms with Crippen molar-refractivity contribution in [3.05, 3.63) is 107 Å². The fourth-order valence-electron chi connectivity index (χ4n) is 4.04. The van der Waals surface area contributed by atoms with Gasteiger partial charge in [0.2, 0.25) is 0 Å². The largest absolute Gasteiger partial charge is 0.489 e. The van der Waals surface area contributed by atoms with Gasteiger partial charge < -0.3 is 9.72 Å². The number of aromatic amines is 2. The highest BCUT2D eigenvalue weighted by atomic mass is 35.5. The zero-order valence-electron chi connectivity index (χ0n) is 18.1. The summed E-state index contributed by atoms with van der Waals surface area (Å²) in [6, 6.07) is 25.8. The Bertz CT molecular complexity index is 1560. The highest BCUT2D eigenvalue weighted by Crippen LogP contribution is 2.27. The van der Waals surface area contributed by atoms with Crippen LogP contribution in [0.25, 0.3) is 33.5 Å². The van der Waals surface area contributed by atoms with Crippen LogP contribution in [0.3, 0.4) is 0 Å². The molecule has 34 heavy (non-hydrogen) atoms. The summed E-state index contributed by atoms with van der Waals surface area (Å²) in [6.07, 6.45) is 2.39. The average molecular weight is 466 g/mol. The van der Waals surface area contributed by atoms with Crippen LogP contribution < -0.4 is 4.74 Å². The summed E-state index contributed by atoms with van der Waals surface area (Å²) in [4.78, 5) is 13.0. The lowest BCUT2D eigenvalue weighted by Crippen LogP contribution is -2.01. The molecule has 0 aliphatic carbocycles. The van der Waals surface area contributed by atoms with Gasteiger partial charge in [-0.25, -0.2) is 9.97 Å². The topological polar surface area (TPSA) is 79.5 Å². The summed E-state index contributed by atoms with van der Waals surface area (Å²) in [5.41, 5.74) is 6.56. The van der Waals surface area contributed by atoms with E-state index in [0.717, 1.165) is 56.0 Å². The van der Waals surface area contributed by atoms with E-state index < -0.39 is 0 Å². The molecule has 0 radical (unpaired) electrons. The van der Waals surface area contributed by atoms with Crippen molar-refractivity contribution in [2.45, 2.75) is 13.0 Å². The first-order valence-electron chi connectivity index (χ1n) is 11.0. The quantitative estimate of drug-likeness (QED) is 0.301. The third kappa shape index (κ3) is 4.11. The van der Waals surface area contributed by atoms with Gasteiger partial charge in [-0.3, -0.25) is 5.10 Å². The summed E-state index contributed by atoms with van der Waals surface area (Å²) in [7, 11) is 0. The normalized spacial score (nSPS) is 11.3. The summed E-state index contributed by atoms with van der Waals surface area (Å²) < 4.78 is 6.12. The fraction of sp³-hybridized carbons (Fsp3) is 0.0741. The minimum Gasteiger partial charge on any atom is -0.489 e. The summed E-state index contributed by atoms with van der Waals surface area (Å²) in [5, 5.41) is 8.76. The highest BCUT2D eigenvalue weighted by Gasteiger charge is 2.12. The Hall–Kier alpha value is -4.16. The molecule has 2 N–H and O–H groups in total. The van der Waals surface area contributed by atoms with Crippen LogP contribution in [0.5, 0.6) is 5.75 Å². The van der Waals surface area contributed by atoms with E-state index in [1.54, 1.807) is 6.20 Å². The molecule has 0 saturated carbocycles. The Morgan fingerprint density at radius 3 is 2.68 bits per heavy atom. The van der Waals surface area contributed by atoms with Crippen LogP contribution in [0, 0.1) is 0 Å². The number of nitrogens with one attached hydrogen (secondary N) is 2. The third-order valence-electron chi connectivity index (χ3n) is 5.72. The molecule has 3 aromatic carbocycles. The molecular weight excluding hydrogens is 446 g/mol. The summed E-state index contributed by atoms with van der Waals surface area (Å²) in [5.74, 6) is 1.52. The molecule has 0 aliphatic heterocycles. The van der Waals surface area contributed by atoms with Crippen molar-refractivity contribution in [1.82, 2.24) is 25.1 Å². The molecule has 3 aromatic heterocycles. The predicted molar refractivity (Wildman–Crippen MR) is 134 cm³/mol. The van der Waals surface area contributed by atoms with Gasteiger partial charge in [0.15, 0.2) is 5.82 Å². The third-order valence-corrected chi connectivity index (χ3v) is 5.96. The number of halogens is 1. The lowest BCUT2D eigenvalue weighted by molar-refractivity contribution is 0.303. The van der Waals surface area contributed by atoms with Gasteiger partial charge in [0.1, 0.15) is 18.1 Å². The zero-order chi connectivity index (χ0) is 22.9. The predicted octanol–water partition coefficient (Wildman–Crippen LogP) is 6.32. The van der Waals surface area contributed by atoms with Gasteiger partial charge in [-0.05, 0) is 48.0 Å². The van der Waals surface area contributed by atoms with Crippen LogP contribution in [-0.2, 0) is 13.0 Å². The van der Waals surface area contributed by atoms with Gasteiger partial charge in [0.25, 0.3) is 0 Å². The first-order chi connectivity index (χ1) is 16.7. The molecule has 0 atom stereocenters. The van der Waals surface area contributed by atoms with Gasteiger partial charge in [-0.2, -0.15) is 5.10 Å². The first-order valence-corrected chi connectivity index (χ1v) is 11.3. The van der Waals surface area contributed by atoms with Crippen molar-refractivity contribution in [2.24, 2.45) is 0 Å². The maximum absolute atomic E-state index is 6.31. The Morgan fingerprint density at radius 1 is 0.853 bits per heavy atom. The lowest BCUT2D eigenvalue weighted by Gasteiger charge is -2.12. The van der Waals surface area contributed by atoms with Crippen molar-refractivity contribution in [3.63, 3.8) is 0 Å². The van der Waals surface area contributed by atoms with Crippen LogP contribution in [0.4, 0.5) is 0 Å². The SMILES string of the molecule is Clc1ccc(OCc2ccccc2)c(Cc2cccc(-c3nc4cc5cn[nH]c5cc4[nH]3)n2)c1. The van der Waals surface area contributed by atoms with Crippen molar-refractivity contribution in [2.75, 3.05) is 0 Å². The molecule has 0 unspecified atom stereocenters. The molecule has 6 nitrogen and oxygen atoms in total. The molecule has 7 heteroatoms. The van der Waals surface area contributed by atoms with E-state index >= 15 is 0 Å². The number of imidazole rings is 1. The van der Waals surface area contributed by atoms with Gasteiger partial charge >= 0.3 is 0 Å². The number of hydrogen-bond acceptors (Lipinski definition) is 4. The number of aromatic nitrogens is 5. The Morgan fingerprint density at radius 2 is 1.76 bits per heavy atom. The second kappa shape index (κ2) is 8.65. The van der Waals surface area contributed by atoms with Crippen molar-refractivity contribution >= 4 is 33.5 Å². The molecule has 0 aliphatic rings. The maximum atomic E-state index is 6.31. The number of rotatable bonds is 6. The fourth-order valence-corrected chi connectivity index (χ4v) is 4.23. The molecule has 0 fully saturated rings. The van der Waals surface area contributed by atoms with Crippen LogP contribution in [0.1, 0.15) is 16.8 Å². The molecule has 0 bridgehead atoms. The van der Waals surface area contributed by atoms with Crippen molar-refractivity contribution in [3.8, 4) is 17.3 Å². The Labute approximate surface area is 200 Å². The van der Waals surface area contributed by atoms with Gasteiger partial charge in [0, 0.05) is 28.1 Å². The number of benzene rings is 3. The van der Waals surface area contributed by atoms with E-state index in [4.69, 9.17) is 26.3 Å². The average Bonchev–Trinajstić information content (AvgIpc) is 3.49. The van der Waals surface area contributed by atoms with E-state index in [0.29, 0.717) is 18.1 Å². The van der Waals surface area contributed by atoms with Gasteiger partial charge in [-0.15, -0.1) is 0 Å². The second-order valence-corrected chi connectivity index (χ2v) is 8.57. The number of ether oxygens (including phenoxy) is 1. The standard InChI is InChI=1S/C27H20ClN5O/c28-20-9-10-26(34-16-17-5-2-1-3-6-17)18(11-20)12-21-7-4-8-22(30-21)27-31-24-13-19-15-29-33-23(19)14-25(24)32-27/h1-11,13-15H,12,16H2,(H,29,33)(H,31,32). The van der Waals surface area contributed by atoms with E-state index in [-0.39, 0.29) is 0 Å². The van der Waals surface area contributed by atoms with Crippen LogP contribution >= 0.6 is 11.6 Å². The first kappa shape index (κ1) is 20.4. The molecule has 6 aromatic rings. The van der Waals surface area contributed by atoms with E-state index in [9.17, 15) is 0 Å². The lowest BCUT2D eigenvalue weighted by atomic mass is 10.1. The minimum atomic E-state index is 0.492. The Kier molecular flexibility index (Phi) is 5.20. The molecular formula is C27H20ClN5O. The molecule has 0 spiro atoms. The monoisotopic (exact) mass is 465 g/mol. The van der Waals surface area contributed by atoms with E-state index in [1.165, 1.54) is 0 Å². The van der Waals surface area contributed by atoms with E-state index in [1.807, 2.05) is 78.9 Å². The second-order valence-electron chi connectivity index (χ2n) is 8.13. The number of hydrogen-bond donors (Lipinski definition) is 2. The number of pyridine rings is 1. The highest BCUT2D eigenvalue weighted by molar-refractivity contribution is 6.30. The number of fused-ring (bicyclic) bond motifs is 2. The zero-order valence-corrected chi connectivity index (χ0v) is 18.9. The molecule has 0 amide bonds. The van der Waals surface area contributed by atoms with Gasteiger partial charge in [-0.1, -0.05) is 48.0 Å². The smallest absolute Gasteiger partial charge is 0.157 e. The van der Waals surface area contributed by atoms with E-state index in [2.05, 4.69) is 15.2 Å². The molecule has 166 valence electrons. The Balaban J connectivity index is 1.28. The summed E-state index contributed by atoms with van der Waals surface area (Å²) >= 11 is 6.31. The maximum Gasteiger partial charge on any atom is 0.157 e. The number of nitrogens with zero attached hydrogens (tertiary/aromatic N) is 3. The van der Waals surface area contributed by atoms with Crippen LogP contribution in [0.15, 0.2) is 85.1 Å². The van der Waals surface area contributed by atoms with Gasteiger partial charge in [0.05, 0.1) is 22.7 Å². The van der Waals surface area contributed by atoms with Crippen molar-refractivity contribution < 1.29 is 4.74 Å². The minimum absolute atomic E-state index is 0.492. The van der Waals surface area contributed by atoms with Crippen molar-refractivity contribution in [1.29, 1.82) is 0 Å². The molecule has 6 rings (SSSR count). The molecule has 0 saturated heterocycles. The number of H-pyrrole nitrogens is 2. The summed E-state index contributed by atoms with van der Waals surface area (Å²) in [6.45, 7) is 0.492. The van der Waals surface area contributed by atoms with Crippen LogP contribution in [0.2, 0.25) is 5.02 Å².